The van der Waals surface area contributed by atoms with E-state index in [-0.39, 0.29) is 0 Å². The van der Waals surface area contributed by atoms with Crippen LogP contribution in [-0.2, 0) is 9.53 Å². The molecule has 0 aromatic carbocycles. The van der Waals surface area contributed by atoms with Gasteiger partial charge in [-0.25, -0.2) is 0 Å². The number of carbonyl (C=O) groups excluding carboxylic acids is 1. The van der Waals surface area contributed by atoms with Crippen molar-refractivity contribution in [2.45, 2.75) is 38.5 Å². The molecule has 0 N–H and O–H groups in total. The van der Waals surface area contributed by atoms with Gasteiger partial charge in [-0.2, -0.15) is 0 Å². The molecule has 0 unspecified atom stereocenters. The van der Waals surface area contributed by atoms with E-state index < -0.39 is 0 Å². The van der Waals surface area contributed by atoms with Gasteiger partial charge < -0.3 is 9.53 Å². The van der Waals surface area contributed by atoms with Crippen LogP contribution in [0.15, 0.2) is 24.5 Å². The van der Waals surface area contributed by atoms with Crippen molar-refractivity contribution in [2.75, 3.05) is 7.11 Å². The van der Waals surface area contributed by atoms with E-state index in [9.17, 15) is 4.79 Å². The third-order valence-electron chi connectivity index (χ3n) is 2.02. The van der Waals surface area contributed by atoms with Crippen LogP contribution in [0.4, 0.5) is 0 Å². The summed E-state index contributed by atoms with van der Waals surface area (Å²) in [5, 5.41) is 0. The molecule has 0 fully saturated rings. The lowest BCUT2D eigenvalue weighted by Gasteiger charge is -2.04. The molecule has 0 spiro atoms. The largest absolute Gasteiger partial charge is 0.504 e. The lowest BCUT2D eigenvalue weighted by molar-refractivity contribution is -0.107. The zero-order valence-corrected chi connectivity index (χ0v) is 9.00. The van der Waals surface area contributed by atoms with Crippen molar-refractivity contribution < 1.29 is 9.53 Å². The topological polar surface area (TPSA) is 26.3 Å². The Balaban J connectivity index is 3.67. The van der Waals surface area contributed by atoms with Crippen LogP contribution in [0.25, 0.3) is 0 Å². The molecule has 0 rings (SSSR count). The summed E-state index contributed by atoms with van der Waals surface area (Å²) in [5.74, 6) is 0. The number of carbonyl (C=O) groups is 1. The number of unbranched alkanes of at least 4 members (excludes halogenated alkanes) is 2. The molecular formula is C12H20O2. The molecule has 0 aliphatic rings. The highest BCUT2D eigenvalue weighted by Gasteiger charge is 1.97. The fourth-order valence-corrected chi connectivity index (χ4v) is 1.28. The maximum Gasteiger partial charge on any atom is 0.119 e. The van der Waals surface area contributed by atoms with E-state index in [1.165, 1.54) is 5.57 Å². The van der Waals surface area contributed by atoms with Gasteiger partial charge in [0.1, 0.15) is 6.29 Å². The first-order valence-corrected chi connectivity index (χ1v) is 5.10. The van der Waals surface area contributed by atoms with Crippen LogP contribution in [0.1, 0.15) is 38.5 Å². The summed E-state index contributed by atoms with van der Waals surface area (Å²) in [6.07, 6.45) is 10.4. The number of rotatable bonds is 9. The van der Waals surface area contributed by atoms with Crippen molar-refractivity contribution in [2.24, 2.45) is 0 Å². The minimum absolute atomic E-state index is 0.668. The minimum Gasteiger partial charge on any atom is -0.504 e. The molecule has 0 aromatic heterocycles. The number of aldehydes is 1. The van der Waals surface area contributed by atoms with E-state index in [1.54, 1.807) is 7.11 Å². The van der Waals surface area contributed by atoms with E-state index in [0.29, 0.717) is 6.42 Å². The van der Waals surface area contributed by atoms with E-state index >= 15 is 0 Å². The first-order chi connectivity index (χ1) is 6.85. The fraction of sp³-hybridized carbons (Fsp3) is 0.583. The molecule has 0 aliphatic carbocycles. The predicted octanol–water partition coefficient (Wildman–Crippen LogP) is 3.24. The third kappa shape index (κ3) is 7.59. The summed E-state index contributed by atoms with van der Waals surface area (Å²) in [5.41, 5.74) is 1.30. The number of hydrogen-bond donors (Lipinski definition) is 0. The maximum atomic E-state index is 10.1. The molecule has 80 valence electrons. The van der Waals surface area contributed by atoms with Crippen LogP contribution >= 0.6 is 0 Å². The molecule has 0 saturated heterocycles. The summed E-state index contributed by atoms with van der Waals surface area (Å²) in [4.78, 5) is 10.1. The second-order valence-corrected chi connectivity index (χ2v) is 3.25. The molecular weight excluding hydrogens is 176 g/mol. The van der Waals surface area contributed by atoms with Crippen LogP contribution < -0.4 is 0 Å². The van der Waals surface area contributed by atoms with E-state index in [1.807, 2.05) is 12.3 Å². The van der Waals surface area contributed by atoms with E-state index in [0.717, 1.165) is 38.4 Å². The van der Waals surface area contributed by atoms with Gasteiger partial charge in [0.15, 0.2) is 0 Å². The van der Waals surface area contributed by atoms with Crippen LogP contribution in [0.5, 0.6) is 0 Å². The molecule has 2 nitrogen and oxygen atoms in total. The van der Waals surface area contributed by atoms with Crippen LogP contribution in [0, 0.1) is 0 Å². The lowest BCUT2D eigenvalue weighted by Crippen LogP contribution is -1.87. The van der Waals surface area contributed by atoms with Gasteiger partial charge in [0, 0.05) is 6.42 Å². The zero-order chi connectivity index (χ0) is 10.6. The quantitative estimate of drug-likeness (QED) is 0.245. The molecule has 2 heteroatoms. The first kappa shape index (κ1) is 12.9. The molecule has 0 radical (unpaired) electrons. The summed E-state index contributed by atoms with van der Waals surface area (Å²) in [6.45, 7) is 3.69. The maximum absolute atomic E-state index is 10.1. The highest BCUT2D eigenvalue weighted by molar-refractivity contribution is 5.48. The second-order valence-electron chi connectivity index (χ2n) is 3.25. The van der Waals surface area contributed by atoms with Gasteiger partial charge >= 0.3 is 0 Å². The molecule has 0 atom stereocenters. The Kier molecular flexibility index (Phi) is 9.28. The Hall–Kier alpha value is -1.05. The fourth-order valence-electron chi connectivity index (χ4n) is 1.28. The molecule has 0 heterocycles. The van der Waals surface area contributed by atoms with E-state index in [2.05, 4.69) is 6.58 Å². The summed E-state index contributed by atoms with van der Waals surface area (Å²) >= 11 is 0. The van der Waals surface area contributed by atoms with Crippen molar-refractivity contribution in [1.82, 2.24) is 0 Å². The highest BCUT2D eigenvalue weighted by Crippen LogP contribution is 2.14. The smallest absolute Gasteiger partial charge is 0.119 e. The second kappa shape index (κ2) is 10.0. The van der Waals surface area contributed by atoms with Gasteiger partial charge in [-0.15, -0.1) is 6.58 Å². The Morgan fingerprint density at radius 1 is 1.29 bits per heavy atom. The van der Waals surface area contributed by atoms with Gasteiger partial charge in [0.2, 0.25) is 0 Å². The van der Waals surface area contributed by atoms with Crippen molar-refractivity contribution in [3.8, 4) is 0 Å². The zero-order valence-electron chi connectivity index (χ0n) is 9.00. The van der Waals surface area contributed by atoms with E-state index in [4.69, 9.17) is 4.74 Å². The number of hydrogen-bond acceptors (Lipinski definition) is 2. The SMILES string of the molecule is C=CCCC(=COC)CCCCC=O. The molecule has 0 aliphatic heterocycles. The highest BCUT2D eigenvalue weighted by atomic mass is 16.5. The van der Waals surface area contributed by atoms with Gasteiger partial charge in [0.25, 0.3) is 0 Å². The normalized spacial score (nSPS) is 11.1. The standard InChI is InChI=1S/C12H20O2/c1-3-4-8-12(11-14-2)9-6-5-7-10-13/h3,10-11H,1,4-9H2,2H3. The first-order valence-electron chi connectivity index (χ1n) is 5.10. The average molecular weight is 196 g/mol. The molecule has 0 amide bonds. The van der Waals surface area contributed by atoms with Gasteiger partial charge in [-0.05, 0) is 37.7 Å². The lowest BCUT2D eigenvalue weighted by atomic mass is 10.0. The summed E-state index contributed by atoms with van der Waals surface area (Å²) in [7, 11) is 1.67. The van der Waals surface area contributed by atoms with Crippen molar-refractivity contribution in [3.05, 3.63) is 24.5 Å². The van der Waals surface area contributed by atoms with Gasteiger partial charge in [-0.3, -0.25) is 0 Å². The molecule has 0 aromatic rings. The molecule has 14 heavy (non-hydrogen) atoms. The van der Waals surface area contributed by atoms with Crippen molar-refractivity contribution in [1.29, 1.82) is 0 Å². The Bertz CT molecular complexity index is 183. The predicted molar refractivity (Wildman–Crippen MR) is 59.1 cm³/mol. The summed E-state index contributed by atoms with van der Waals surface area (Å²) < 4.78 is 4.99. The Labute approximate surface area is 86.6 Å². The van der Waals surface area contributed by atoms with Gasteiger partial charge in [0.05, 0.1) is 13.4 Å². The number of ether oxygens (including phenoxy) is 1. The average Bonchev–Trinajstić information content (AvgIpc) is 2.20. The Morgan fingerprint density at radius 3 is 2.64 bits per heavy atom. The molecule has 0 saturated carbocycles. The Morgan fingerprint density at radius 2 is 2.07 bits per heavy atom. The van der Waals surface area contributed by atoms with Crippen LogP contribution in [0.3, 0.4) is 0 Å². The van der Waals surface area contributed by atoms with Crippen LogP contribution in [0.2, 0.25) is 0 Å². The number of allylic oxidation sites excluding steroid dienone is 2. The van der Waals surface area contributed by atoms with Crippen molar-refractivity contribution in [3.63, 3.8) is 0 Å². The molecule has 0 bridgehead atoms. The van der Waals surface area contributed by atoms with Crippen molar-refractivity contribution >= 4 is 6.29 Å². The van der Waals surface area contributed by atoms with Gasteiger partial charge in [-0.1, -0.05) is 6.08 Å². The summed E-state index contributed by atoms with van der Waals surface area (Å²) in [6, 6.07) is 0. The number of methoxy groups -OCH3 is 1. The monoisotopic (exact) mass is 196 g/mol. The van der Waals surface area contributed by atoms with Crippen LogP contribution in [-0.4, -0.2) is 13.4 Å². The third-order valence-corrected chi connectivity index (χ3v) is 2.02. The minimum atomic E-state index is 0.668.